The number of fused-ring (bicyclic) bond motifs is 1. The van der Waals surface area contributed by atoms with Crippen LogP contribution in [0.1, 0.15) is 29.2 Å². The SMILES string of the molecule is Cc1nc(N(C)C(=O)C2CCc3cc(-c4ccccn4)ccc32)sc1SN. The molecule has 0 saturated carbocycles. The maximum atomic E-state index is 13.1. The van der Waals surface area contributed by atoms with Crippen LogP contribution in [0.25, 0.3) is 11.3 Å². The van der Waals surface area contributed by atoms with Crippen LogP contribution in [0.4, 0.5) is 5.13 Å². The van der Waals surface area contributed by atoms with Gasteiger partial charge < -0.3 is 0 Å². The fraction of sp³-hybridized carbons (Fsp3) is 0.250. The van der Waals surface area contributed by atoms with E-state index in [0.29, 0.717) is 5.13 Å². The Hall–Kier alpha value is -2.22. The molecule has 5 nitrogen and oxygen atoms in total. The lowest BCUT2D eigenvalue weighted by molar-refractivity contribution is -0.119. The van der Waals surface area contributed by atoms with Crippen molar-refractivity contribution in [3.05, 3.63) is 59.4 Å². The van der Waals surface area contributed by atoms with Gasteiger partial charge >= 0.3 is 0 Å². The summed E-state index contributed by atoms with van der Waals surface area (Å²) in [6, 6.07) is 12.2. The van der Waals surface area contributed by atoms with Gasteiger partial charge in [-0.2, -0.15) is 0 Å². The average Bonchev–Trinajstić information content (AvgIpc) is 3.30. The number of rotatable bonds is 4. The lowest BCUT2D eigenvalue weighted by Gasteiger charge is -2.19. The number of carbonyl (C=O) groups is 1. The van der Waals surface area contributed by atoms with Crippen molar-refractivity contribution >= 4 is 34.3 Å². The number of likely N-dealkylation sites (N-methyl/N-ethyl adjacent to an activating group) is 1. The minimum Gasteiger partial charge on any atom is -0.291 e. The molecule has 0 fully saturated rings. The predicted octanol–water partition coefficient (Wildman–Crippen LogP) is 4.17. The second kappa shape index (κ2) is 7.42. The summed E-state index contributed by atoms with van der Waals surface area (Å²) in [5.41, 5.74) is 5.27. The molecule has 3 aromatic rings. The maximum absolute atomic E-state index is 13.1. The summed E-state index contributed by atoms with van der Waals surface area (Å²) in [6.07, 6.45) is 3.53. The Kier molecular flexibility index (Phi) is 4.99. The molecule has 1 atom stereocenters. The lowest BCUT2D eigenvalue weighted by atomic mass is 9.98. The third-order valence-corrected chi connectivity index (χ3v) is 7.02. The normalized spacial score (nSPS) is 15.6. The minimum atomic E-state index is -0.124. The smallest absolute Gasteiger partial charge is 0.236 e. The number of benzene rings is 1. The molecule has 1 aromatic carbocycles. The van der Waals surface area contributed by atoms with Gasteiger partial charge in [0.25, 0.3) is 0 Å². The van der Waals surface area contributed by atoms with Crippen molar-refractivity contribution in [1.82, 2.24) is 9.97 Å². The van der Waals surface area contributed by atoms with E-state index < -0.39 is 0 Å². The van der Waals surface area contributed by atoms with Crippen molar-refractivity contribution in [2.24, 2.45) is 5.14 Å². The molecule has 2 N–H and O–H groups in total. The summed E-state index contributed by atoms with van der Waals surface area (Å²) in [7, 11) is 1.80. The van der Waals surface area contributed by atoms with Crippen LogP contribution in [-0.2, 0) is 11.2 Å². The van der Waals surface area contributed by atoms with Crippen LogP contribution >= 0.6 is 23.3 Å². The number of aryl methyl sites for hydroxylation is 2. The number of aromatic nitrogens is 2. The second-order valence-corrected chi connectivity index (χ2v) is 8.48. The highest BCUT2D eigenvalue weighted by Gasteiger charge is 2.32. The van der Waals surface area contributed by atoms with Crippen molar-refractivity contribution in [2.75, 3.05) is 11.9 Å². The van der Waals surface area contributed by atoms with Gasteiger partial charge in [-0.3, -0.25) is 19.8 Å². The Balaban J connectivity index is 1.59. The molecule has 1 amide bonds. The first-order chi connectivity index (χ1) is 13.1. The molecule has 0 spiro atoms. The Morgan fingerprint density at radius 1 is 1.33 bits per heavy atom. The molecule has 1 aliphatic rings. The molecule has 2 heterocycles. The molecule has 0 aliphatic heterocycles. The number of pyridine rings is 1. The van der Waals surface area contributed by atoms with Gasteiger partial charge in [0.2, 0.25) is 5.91 Å². The first-order valence-corrected chi connectivity index (χ1v) is 10.4. The van der Waals surface area contributed by atoms with Crippen LogP contribution in [0.5, 0.6) is 0 Å². The van der Waals surface area contributed by atoms with Gasteiger partial charge in [0.15, 0.2) is 5.13 Å². The van der Waals surface area contributed by atoms with Gasteiger partial charge in [-0.25, -0.2) is 4.98 Å². The predicted molar refractivity (Wildman–Crippen MR) is 111 cm³/mol. The highest BCUT2D eigenvalue weighted by molar-refractivity contribution is 7.99. The highest BCUT2D eigenvalue weighted by atomic mass is 32.2. The molecule has 138 valence electrons. The number of carbonyl (C=O) groups excluding carboxylic acids is 1. The third-order valence-electron chi connectivity index (χ3n) is 4.95. The molecule has 27 heavy (non-hydrogen) atoms. The van der Waals surface area contributed by atoms with Crippen molar-refractivity contribution in [3.8, 4) is 11.3 Å². The van der Waals surface area contributed by atoms with Crippen LogP contribution in [0.15, 0.2) is 46.8 Å². The van der Waals surface area contributed by atoms with Crippen molar-refractivity contribution in [1.29, 1.82) is 0 Å². The number of anilines is 1. The van der Waals surface area contributed by atoms with E-state index >= 15 is 0 Å². The fourth-order valence-electron chi connectivity index (χ4n) is 3.52. The van der Waals surface area contributed by atoms with Gasteiger partial charge in [-0.15, -0.1) is 0 Å². The molecule has 2 aromatic heterocycles. The molecule has 1 unspecified atom stereocenters. The quantitative estimate of drug-likeness (QED) is 0.670. The van der Waals surface area contributed by atoms with Gasteiger partial charge in [-0.05, 0) is 61.0 Å². The Labute approximate surface area is 166 Å². The summed E-state index contributed by atoms with van der Waals surface area (Å²) < 4.78 is 0.941. The van der Waals surface area contributed by atoms with E-state index in [-0.39, 0.29) is 11.8 Å². The van der Waals surface area contributed by atoms with E-state index in [0.717, 1.165) is 39.6 Å². The van der Waals surface area contributed by atoms with E-state index in [1.165, 1.54) is 28.8 Å². The van der Waals surface area contributed by atoms with Crippen molar-refractivity contribution in [2.45, 2.75) is 29.9 Å². The van der Waals surface area contributed by atoms with E-state index in [2.05, 4.69) is 28.2 Å². The van der Waals surface area contributed by atoms with E-state index in [1.807, 2.05) is 25.1 Å². The summed E-state index contributed by atoms with van der Waals surface area (Å²) in [5, 5.41) is 6.36. The van der Waals surface area contributed by atoms with E-state index in [1.54, 1.807) is 18.1 Å². The zero-order valence-corrected chi connectivity index (χ0v) is 16.8. The van der Waals surface area contributed by atoms with Gasteiger partial charge in [0, 0.05) is 18.8 Å². The third kappa shape index (κ3) is 3.38. The number of thiazole rings is 1. The number of nitrogens with zero attached hydrogens (tertiary/aromatic N) is 3. The van der Waals surface area contributed by atoms with Gasteiger partial charge in [0.05, 0.1) is 21.5 Å². The summed E-state index contributed by atoms with van der Waals surface area (Å²) >= 11 is 2.64. The van der Waals surface area contributed by atoms with E-state index in [4.69, 9.17) is 5.14 Å². The topological polar surface area (TPSA) is 72.1 Å². The van der Waals surface area contributed by atoms with E-state index in [9.17, 15) is 4.79 Å². The monoisotopic (exact) mass is 396 g/mol. The summed E-state index contributed by atoms with van der Waals surface area (Å²) in [5.74, 6) is -0.0392. The summed E-state index contributed by atoms with van der Waals surface area (Å²) in [6.45, 7) is 1.91. The van der Waals surface area contributed by atoms with Crippen molar-refractivity contribution < 1.29 is 4.79 Å². The Morgan fingerprint density at radius 2 is 2.19 bits per heavy atom. The molecule has 1 aliphatic carbocycles. The molecule has 0 bridgehead atoms. The molecule has 4 rings (SSSR count). The summed E-state index contributed by atoms with van der Waals surface area (Å²) in [4.78, 5) is 23.7. The highest BCUT2D eigenvalue weighted by Crippen LogP contribution is 2.38. The Bertz CT molecular complexity index is 987. The largest absolute Gasteiger partial charge is 0.291 e. The first-order valence-electron chi connectivity index (χ1n) is 8.74. The van der Waals surface area contributed by atoms with Crippen LogP contribution in [0.3, 0.4) is 0 Å². The molecular weight excluding hydrogens is 376 g/mol. The van der Waals surface area contributed by atoms with Crippen molar-refractivity contribution in [3.63, 3.8) is 0 Å². The number of amides is 1. The molecule has 0 radical (unpaired) electrons. The van der Waals surface area contributed by atoms with Gasteiger partial charge in [0.1, 0.15) is 0 Å². The van der Waals surface area contributed by atoms with Gasteiger partial charge in [-0.1, -0.05) is 29.5 Å². The second-order valence-electron chi connectivity index (χ2n) is 6.60. The molecule has 0 saturated heterocycles. The Morgan fingerprint density at radius 3 is 2.89 bits per heavy atom. The van der Waals surface area contributed by atoms with Crippen LogP contribution in [0, 0.1) is 6.92 Å². The zero-order valence-electron chi connectivity index (χ0n) is 15.2. The van der Waals surface area contributed by atoms with Crippen LogP contribution in [-0.4, -0.2) is 22.9 Å². The molecular formula is C20H20N4OS2. The fourth-order valence-corrected chi connectivity index (χ4v) is 4.92. The molecule has 7 heteroatoms. The lowest BCUT2D eigenvalue weighted by Crippen LogP contribution is -2.30. The minimum absolute atomic E-state index is 0.0849. The zero-order chi connectivity index (χ0) is 19.0. The standard InChI is InChI=1S/C20H20N4OS2/c1-12-19(27-21)26-20(23-12)24(2)18(25)16-9-6-13-11-14(7-8-15(13)16)17-5-3-4-10-22-17/h3-5,7-8,10-11,16H,6,9,21H2,1-2H3. The maximum Gasteiger partial charge on any atom is 0.236 e. The van der Waals surface area contributed by atoms with Crippen LogP contribution in [0.2, 0.25) is 0 Å². The number of hydrogen-bond donors (Lipinski definition) is 1. The number of nitrogens with two attached hydrogens (primary N) is 1. The first kappa shape index (κ1) is 18.2. The number of hydrogen-bond acceptors (Lipinski definition) is 6. The van der Waals surface area contributed by atoms with Crippen LogP contribution < -0.4 is 10.0 Å². The average molecular weight is 397 g/mol.